The maximum atomic E-state index is 5.25. The van der Waals surface area contributed by atoms with Crippen molar-refractivity contribution in [2.45, 2.75) is 4.84 Å². The average Bonchev–Trinajstić information content (AvgIpc) is 1.63. The van der Waals surface area contributed by atoms with Crippen molar-refractivity contribution in [3.63, 3.8) is 0 Å². The van der Waals surface area contributed by atoms with Gasteiger partial charge in [0.05, 0.1) is 6.21 Å². The molecule has 3 N–H and O–H groups in total. The molecule has 52 valence electrons. The van der Waals surface area contributed by atoms with E-state index in [9.17, 15) is 0 Å². The molecule has 0 aliphatic rings. The Balaban J connectivity index is 3.36. The van der Waals surface area contributed by atoms with Crippen molar-refractivity contribution in [2.75, 3.05) is 0 Å². The van der Waals surface area contributed by atoms with Crippen LogP contribution < -0.4 is 11.2 Å². The molecule has 0 aromatic carbocycles. The number of rotatable bonds is 2. The first-order valence-electron chi connectivity index (χ1n) is 1.99. The van der Waals surface area contributed by atoms with E-state index in [4.69, 9.17) is 28.9 Å². The van der Waals surface area contributed by atoms with Crippen molar-refractivity contribution < 1.29 is 0 Å². The van der Waals surface area contributed by atoms with Gasteiger partial charge in [-0.05, 0) is 12.2 Å². The molecule has 3 nitrogen and oxygen atoms in total. The van der Waals surface area contributed by atoms with Gasteiger partial charge in [0.15, 0.2) is 5.11 Å². The Morgan fingerprint density at radius 3 is 2.67 bits per heavy atom. The van der Waals surface area contributed by atoms with E-state index in [-0.39, 0.29) is 5.11 Å². The van der Waals surface area contributed by atoms with E-state index in [0.29, 0.717) is 0 Å². The van der Waals surface area contributed by atoms with Gasteiger partial charge in [0, 0.05) is 0 Å². The van der Waals surface area contributed by atoms with Gasteiger partial charge in [-0.15, -0.1) is 0 Å². The minimum Gasteiger partial charge on any atom is -0.375 e. The molecule has 0 aromatic heterocycles. The van der Waals surface area contributed by atoms with Gasteiger partial charge in [-0.3, -0.25) is 5.43 Å². The lowest BCUT2D eigenvalue weighted by Gasteiger charge is -1.92. The Bertz CT molecular complexity index is 124. The highest BCUT2D eigenvalue weighted by Crippen LogP contribution is 1.94. The van der Waals surface area contributed by atoms with Crippen molar-refractivity contribution >= 4 is 46.7 Å². The van der Waals surface area contributed by atoms with E-state index in [1.807, 2.05) is 0 Å². The summed E-state index contributed by atoms with van der Waals surface area (Å²) in [5, 5.41) is 3.55. The summed E-state index contributed by atoms with van der Waals surface area (Å²) in [6, 6.07) is 0. The summed E-state index contributed by atoms with van der Waals surface area (Å²) in [6.07, 6.45) is 1.27. The van der Waals surface area contributed by atoms with Crippen molar-refractivity contribution in [1.29, 1.82) is 0 Å². The Hall–Kier alpha value is -0.0600. The molecule has 0 fully saturated rings. The second-order valence-corrected chi connectivity index (χ2v) is 2.69. The summed E-state index contributed by atoms with van der Waals surface area (Å²) in [4.78, 5) is -0.633. The van der Waals surface area contributed by atoms with Gasteiger partial charge in [-0.1, -0.05) is 23.2 Å². The first-order chi connectivity index (χ1) is 4.13. The summed E-state index contributed by atoms with van der Waals surface area (Å²) in [5.41, 5.74) is 7.29. The topological polar surface area (TPSA) is 50.4 Å². The lowest BCUT2D eigenvalue weighted by atomic mass is 10.9. The summed E-state index contributed by atoms with van der Waals surface area (Å²) in [7, 11) is 0. The number of hydrogen-bond donors (Lipinski definition) is 2. The van der Waals surface area contributed by atoms with Crippen LogP contribution in [0.25, 0.3) is 0 Å². The van der Waals surface area contributed by atoms with Gasteiger partial charge < -0.3 is 5.73 Å². The molecular formula is C3H5Cl2N3S. The van der Waals surface area contributed by atoms with Gasteiger partial charge in [0.2, 0.25) is 0 Å². The molecule has 0 heterocycles. The van der Waals surface area contributed by atoms with Crippen LogP contribution >= 0.6 is 35.4 Å². The van der Waals surface area contributed by atoms with E-state index >= 15 is 0 Å². The number of thiocarbonyl (C=S) groups is 1. The molecule has 6 heteroatoms. The van der Waals surface area contributed by atoms with Crippen LogP contribution in [0.4, 0.5) is 0 Å². The standard InChI is InChI=1S/C3H5Cl2N3S/c4-2(5)1-7-8-3(6)9/h1-2H,(H3,6,8,9). The molecule has 0 unspecified atom stereocenters. The van der Waals surface area contributed by atoms with Crippen LogP contribution in [0.3, 0.4) is 0 Å². The Morgan fingerprint density at radius 1 is 1.78 bits per heavy atom. The first kappa shape index (κ1) is 8.94. The van der Waals surface area contributed by atoms with Gasteiger partial charge in [0.25, 0.3) is 0 Å². The second-order valence-electron chi connectivity index (χ2n) is 1.09. The third-order valence-corrected chi connectivity index (χ3v) is 0.679. The maximum absolute atomic E-state index is 5.25. The number of halogens is 2. The lowest BCUT2D eigenvalue weighted by molar-refractivity contribution is 1.04. The highest BCUT2D eigenvalue weighted by Gasteiger charge is 1.88. The fourth-order valence-corrected chi connectivity index (χ4v) is 0.323. The van der Waals surface area contributed by atoms with Gasteiger partial charge in [-0.25, -0.2) is 0 Å². The Kier molecular flexibility index (Phi) is 4.75. The largest absolute Gasteiger partial charge is 0.375 e. The van der Waals surface area contributed by atoms with Crippen LogP contribution in [-0.4, -0.2) is 16.2 Å². The van der Waals surface area contributed by atoms with Crippen molar-refractivity contribution in [3.8, 4) is 0 Å². The van der Waals surface area contributed by atoms with Crippen LogP contribution in [0.2, 0.25) is 0 Å². The van der Waals surface area contributed by atoms with Gasteiger partial charge in [-0.2, -0.15) is 5.10 Å². The molecule has 0 bridgehead atoms. The molecule has 0 saturated heterocycles. The zero-order valence-corrected chi connectivity index (χ0v) is 6.67. The second kappa shape index (κ2) is 4.78. The Labute approximate surface area is 68.2 Å². The third kappa shape index (κ3) is 7.94. The fraction of sp³-hybridized carbons (Fsp3) is 0.333. The Morgan fingerprint density at radius 2 is 2.33 bits per heavy atom. The van der Waals surface area contributed by atoms with Gasteiger partial charge >= 0.3 is 0 Å². The lowest BCUT2D eigenvalue weighted by Crippen LogP contribution is -2.24. The molecule has 0 amide bonds. The maximum Gasteiger partial charge on any atom is 0.184 e. The number of nitrogens with two attached hydrogens (primary N) is 1. The molecule has 0 spiro atoms. The monoisotopic (exact) mass is 185 g/mol. The summed E-state index contributed by atoms with van der Waals surface area (Å²) in [5.74, 6) is 0. The van der Waals surface area contributed by atoms with E-state index in [1.54, 1.807) is 0 Å². The quantitative estimate of drug-likeness (QED) is 0.287. The highest BCUT2D eigenvalue weighted by molar-refractivity contribution is 7.80. The minimum atomic E-state index is -0.633. The first-order valence-corrected chi connectivity index (χ1v) is 3.28. The molecule has 9 heavy (non-hydrogen) atoms. The third-order valence-electron chi connectivity index (χ3n) is 0.362. The molecular weight excluding hydrogens is 181 g/mol. The fourth-order valence-electron chi connectivity index (χ4n) is 0.157. The number of alkyl halides is 2. The number of hydrogen-bond acceptors (Lipinski definition) is 2. The highest BCUT2D eigenvalue weighted by atomic mass is 35.5. The smallest absolute Gasteiger partial charge is 0.184 e. The van der Waals surface area contributed by atoms with Crippen LogP contribution in [-0.2, 0) is 0 Å². The van der Waals surface area contributed by atoms with Crippen LogP contribution in [0, 0.1) is 0 Å². The molecule has 0 radical (unpaired) electrons. The van der Waals surface area contributed by atoms with Crippen molar-refractivity contribution in [3.05, 3.63) is 0 Å². The van der Waals surface area contributed by atoms with Crippen LogP contribution in [0.5, 0.6) is 0 Å². The molecule has 0 aromatic rings. The van der Waals surface area contributed by atoms with Crippen molar-refractivity contribution in [1.82, 2.24) is 5.43 Å². The molecule has 0 atom stereocenters. The zero-order chi connectivity index (χ0) is 7.28. The number of nitrogens with one attached hydrogen (secondary N) is 1. The predicted octanol–water partition coefficient (Wildman–Crippen LogP) is 0.609. The average molecular weight is 186 g/mol. The zero-order valence-electron chi connectivity index (χ0n) is 4.34. The summed E-state index contributed by atoms with van der Waals surface area (Å²) >= 11 is 14.9. The normalized spacial score (nSPS) is 10.6. The van der Waals surface area contributed by atoms with Gasteiger partial charge in [0.1, 0.15) is 4.84 Å². The van der Waals surface area contributed by atoms with E-state index in [1.165, 1.54) is 6.21 Å². The minimum absolute atomic E-state index is 0.0835. The van der Waals surface area contributed by atoms with Crippen LogP contribution in [0.1, 0.15) is 0 Å². The molecule has 0 rings (SSSR count). The summed E-state index contributed by atoms with van der Waals surface area (Å²) < 4.78 is 0. The molecule has 0 aliphatic carbocycles. The number of nitrogens with zero attached hydrogens (tertiary/aromatic N) is 1. The SMILES string of the molecule is NC(=S)NN=CC(Cl)Cl. The van der Waals surface area contributed by atoms with Crippen molar-refractivity contribution in [2.24, 2.45) is 10.8 Å². The molecule has 0 saturated carbocycles. The molecule has 0 aliphatic heterocycles. The van der Waals surface area contributed by atoms with E-state index in [0.717, 1.165) is 0 Å². The number of hydrazone groups is 1. The summed E-state index contributed by atoms with van der Waals surface area (Å²) in [6.45, 7) is 0. The predicted molar refractivity (Wildman–Crippen MR) is 43.9 cm³/mol. The van der Waals surface area contributed by atoms with E-state index < -0.39 is 4.84 Å². The van der Waals surface area contributed by atoms with Crippen LogP contribution in [0.15, 0.2) is 5.10 Å². The van der Waals surface area contributed by atoms with E-state index in [2.05, 4.69) is 22.7 Å².